The van der Waals surface area contributed by atoms with E-state index in [0.717, 1.165) is 24.4 Å². The molecule has 1 aromatic carbocycles. The number of hydrogen-bond acceptors (Lipinski definition) is 2. The highest BCUT2D eigenvalue weighted by Crippen LogP contribution is 2.30. The lowest BCUT2D eigenvalue weighted by Crippen LogP contribution is -2.17. The van der Waals surface area contributed by atoms with E-state index in [1.807, 2.05) is 26.1 Å². The van der Waals surface area contributed by atoms with Crippen LogP contribution in [0.5, 0.6) is 0 Å². The van der Waals surface area contributed by atoms with Crippen molar-refractivity contribution in [3.05, 3.63) is 47.8 Å². The van der Waals surface area contributed by atoms with Gasteiger partial charge in [0.25, 0.3) is 0 Å². The van der Waals surface area contributed by atoms with Crippen molar-refractivity contribution in [1.82, 2.24) is 15.1 Å². The van der Waals surface area contributed by atoms with Crippen molar-refractivity contribution in [3.63, 3.8) is 0 Å². The summed E-state index contributed by atoms with van der Waals surface area (Å²) in [7, 11) is 1.83. The van der Waals surface area contributed by atoms with Gasteiger partial charge in [-0.2, -0.15) is 18.3 Å². The van der Waals surface area contributed by atoms with E-state index in [9.17, 15) is 13.2 Å². The van der Waals surface area contributed by atoms with Crippen LogP contribution in [0.4, 0.5) is 13.2 Å². The minimum Gasteiger partial charge on any atom is -0.313 e. The summed E-state index contributed by atoms with van der Waals surface area (Å²) >= 11 is 0. The Morgan fingerprint density at radius 1 is 1.30 bits per heavy atom. The number of halogens is 3. The third-order valence-electron chi connectivity index (χ3n) is 3.23. The highest BCUT2D eigenvalue weighted by Gasteiger charge is 2.32. The summed E-state index contributed by atoms with van der Waals surface area (Å²) in [5, 5.41) is 6.99. The maximum Gasteiger partial charge on any atom is 0.419 e. The van der Waals surface area contributed by atoms with Crippen molar-refractivity contribution >= 4 is 0 Å². The molecule has 0 amide bonds. The largest absolute Gasteiger partial charge is 0.419 e. The predicted molar refractivity (Wildman–Crippen MR) is 70.7 cm³/mol. The van der Waals surface area contributed by atoms with Crippen molar-refractivity contribution in [2.75, 3.05) is 7.05 Å². The maximum atomic E-state index is 12.6. The molecule has 108 valence electrons. The van der Waals surface area contributed by atoms with Crippen molar-refractivity contribution < 1.29 is 13.2 Å². The second kappa shape index (κ2) is 5.66. The smallest absolute Gasteiger partial charge is 0.313 e. The van der Waals surface area contributed by atoms with Gasteiger partial charge in [0.2, 0.25) is 0 Å². The van der Waals surface area contributed by atoms with Crippen LogP contribution in [-0.2, 0) is 6.18 Å². The Morgan fingerprint density at radius 2 is 2.00 bits per heavy atom. The van der Waals surface area contributed by atoms with Crippen LogP contribution in [0.25, 0.3) is 5.69 Å². The number of nitrogens with zero attached hydrogens (tertiary/aromatic N) is 2. The Morgan fingerprint density at radius 3 is 2.55 bits per heavy atom. The summed E-state index contributed by atoms with van der Waals surface area (Å²) in [5.74, 6) is 0. The molecule has 3 nitrogen and oxygen atoms in total. The molecule has 2 rings (SSSR count). The quantitative estimate of drug-likeness (QED) is 0.929. The van der Waals surface area contributed by atoms with E-state index < -0.39 is 11.7 Å². The molecule has 1 aromatic heterocycles. The van der Waals surface area contributed by atoms with Gasteiger partial charge in [-0.3, -0.25) is 0 Å². The summed E-state index contributed by atoms with van der Waals surface area (Å²) in [6.45, 7) is 2.02. The fourth-order valence-corrected chi connectivity index (χ4v) is 2.17. The van der Waals surface area contributed by atoms with Gasteiger partial charge in [0.1, 0.15) is 0 Å². The first-order chi connectivity index (χ1) is 9.47. The minimum absolute atomic E-state index is 0.0738. The van der Waals surface area contributed by atoms with E-state index >= 15 is 0 Å². The lowest BCUT2D eigenvalue weighted by molar-refractivity contribution is -0.137. The standard InChI is InChI=1S/C14H16F3N3/c1-3-12(18-2)11-6-4-5-7-13(11)20-9-10(8-19-20)14(15,16)17/h4-9,12,18H,3H2,1-2H3. The van der Waals surface area contributed by atoms with Gasteiger partial charge in [-0.05, 0) is 25.1 Å². The van der Waals surface area contributed by atoms with E-state index in [-0.39, 0.29) is 6.04 Å². The Kier molecular flexibility index (Phi) is 4.13. The van der Waals surface area contributed by atoms with Gasteiger partial charge in [-0.1, -0.05) is 25.1 Å². The topological polar surface area (TPSA) is 29.9 Å². The molecule has 0 saturated carbocycles. The molecule has 20 heavy (non-hydrogen) atoms. The molecule has 0 bridgehead atoms. The highest BCUT2D eigenvalue weighted by molar-refractivity contribution is 5.42. The van der Waals surface area contributed by atoms with Crippen molar-refractivity contribution in [3.8, 4) is 5.69 Å². The van der Waals surface area contributed by atoms with Gasteiger partial charge < -0.3 is 5.32 Å². The second-order valence-electron chi connectivity index (χ2n) is 4.48. The number of benzene rings is 1. The van der Waals surface area contributed by atoms with Crippen LogP contribution in [0.3, 0.4) is 0 Å². The van der Waals surface area contributed by atoms with Gasteiger partial charge in [-0.15, -0.1) is 0 Å². The fraction of sp³-hybridized carbons (Fsp3) is 0.357. The third-order valence-corrected chi connectivity index (χ3v) is 3.23. The zero-order chi connectivity index (χ0) is 14.8. The summed E-state index contributed by atoms with van der Waals surface area (Å²) in [5.41, 5.74) is 0.836. The summed E-state index contributed by atoms with van der Waals surface area (Å²) in [6, 6.07) is 7.39. The Hall–Kier alpha value is -1.82. The summed E-state index contributed by atoms with van der Waals surface area (Å²) in [6.07, 6.45) is -1.68. The molecule has 1 atom stereocenters. The Bertz CT molecular complexity index is 571. The zero-order valence-electron chi connectivity index (χ0n) is 11.3. The Balaban J connectivity index is 2.45. The van der Waals surface area contributed by atoms with Crippen LogP contribution in [-0.4, -0.2) is 16.8 Å². The van der Waals surface area contributed by atoms with Crippen LogP contribution in [0.15, 0.2) is 36.7 Å². The number of alkyl halides is 3. The predicted octanol–water partition coefficient (Wildman–Crippen LogP) is 3.56. The van der Waals surface area contributed by atoms with Gasteiger partial charge in [0.05, 0.1) is 17.4 Å². The number of aromatic nitrogens is 2. The molecule has 2 aromatic rings. The van der Waals surface area contributed by atoms with Gasteiger partial charge in [0.15, 0.2) is 0 Å². The molecule has 1 heterocycles. The molecule has 6 heteroatoms. The van der Waals surface area contributed by atoms with Crippen LogP contribution in [0.1, 0.15) is 30.5 Å². The average Bonchev–Trinajstić information content (AvgIpc) is 2.90. The first-order valence-electron chi connectivity index (χ1n) is 6.35. The SMILES string of the molecule is CCC(NC)c1ccccc1-n1cc(C(F)(F)F)cn1. The average molecular weight is 283 g/mol. The number of nitrogens with one attached hydrogen (secondary N) is 1. The zero-order valence-corrected chi connectivity index (χ0v) is 11.3. The normalized spacial score (nSPS) is 13.4. The first-order valence-corrected chi connectivity index (χ1v) is 6.35. The molecule has 0 saturated heterocycles. The summed E-state index contributed by atoms with van der Waals surface area (Å²) < 4.78 is 39.2. The van der Waals surface area contributed by atoms with Crippen molar-refractivity contribution in [2.24, 2.45) is 0 Å². The molecule has 0 aliphatic rings. The fourth-order valence-electron chi connectivity index (χ4n) is 2.17. The van der Waals surface area contributed by atoms with Crippen LogP contribution >= 0.6 is 0 Å². The monoisotopic (exact) mass is 283 g/mol. The maximum absolute atomic E-state index is 12.6. The van der Waals surface area contributed by atoms with Crippen LogP contribution in [0, 0.1) is 0 Å². The molecule has 0 aliphatic heterocycles. The van der Waals surface area contributed by atoms with E-state index in [0.29, 0.717) is 5.69 Å². The van der Waals surface area contributed by atoms with Crippen molar-refractivity contribution in [1.29, 1.82) is 0 Å². The number of para-hydroxylation sites is 1. The lowest BCUT2D eigenvalue weighted by Gasteiger charge is -2.18. The molecule has 0 aliphatic carbocycles. The molecule has 1 unspecified atom stereocenters. The van der Waals surface area contributed by atoms with Crippen LogP contribution in [0.2, 0.25) is 0 Å². The highest BCUT2D eigenvalue weighted by atomic mass is 19.4. The number of hydrogen-bond donors (Lipinski definition) is 1. The van der Waals surface area contributed by atoms with E-state index in [2.05, 4.69) is 10.4 Å². The van der Waals surface area contributed by atoms with Crippen molar-refractivity contribution in [2.45, 2.75) is 25.6 Å². The molecule has 1 N–H and O–H groups in total. The van der Waals surface area contributed by atoms with Crippen LogP contribution < -0.4 is 5.32 Å². The minimum atomic E-state index is -4.37. The molecular weight excluding hydrogens is 267 g/mol. The third kappa shape index (κ3) is 2.85. The first kappa shape index (κ1) is 14.6. The Labute approximate surface area is 115 Å². The molecule has 0 spiro atoms. The second-order valence-corrected chi connectivity index (χ2v) is 4.48. The van der Waals surface area contributed by atoms with Gasteiger partial charge >= 0.3 is 6.18 Å². The molecule has 0 fully saturated rings. The van der Waals surface area contributed by atoms with Gasteiger partial charge in [0, 0.05) is 12.2 Å². The molecule has 0 radical (unpaired) electrons. The van der Waals surface area contributed by atoms with E-state index in [1.54, 1.807) is 12.1 Å². The van der Waals surface area contributed by atoms with E-state index in [1.165, 1.54) is 4.68 Å². The van der Waals surface area contributed by atoms with Gasteiger partial charge in [-0.25, -0.2) is 4.68 Å². The number of rotatable bonds is 4. The summed E-state index contributed by atoms with van der Waals surface area (Å²) in [4.78, 5) is 0. The van der Waals surface area contributed by atoms with E-state index in [4.69, 9.17) is 0 Å². The molecular formula is C14H16F3N3. The lowest BCUT2D eigenvalue weighted by atomic mass is 10.0.